The molecule has 1 aliphatic rings. The fourth-order valence-electron chi connectivity index (χ4n) is 3.72. The van der Waals surface area contributed by atoms with Crippen molar-refractivity contribution in [3.8, 4) is 11.5 Å². The molecule has 0 saturated carbocycles. The van der Waals surface area contributed by atoms with Crippen LogP contribution in [0.5, 0.6) is 11.5 Å². The molecule has 1 aliphatic heterocycles. The van der Waals surface area contributed by atoms with Crippen LogP contribution in [0.25, 0.3) is 6.08 Å². The number of nitrogens with one attached hydrogen (secondary N) is 1. The fourth-order valence-corrected chi connectivity index (χ4v) is 3.72. The van der Waals surface area contributed by atoms with Crippen LogP contribution in [0.2, 0.25) is 0 Å². The lowest BCUT2D eigenvalue weighted by Gasteiger charge is -2.34. The molecule has 0 unspecified atom stereocenters. The van der Waals surface area contributed by atoms with E-state index < -0.39 is 17.6 Å². The minimum absolute atomic E-state index is 0.276. The lowest BCUT2D eigenvalue weighted by atomic mass is 10.1. The Bertz CT molecular complexity index is 1030. The molecule has 1 saturated heterocycles. The first-order chi connectivity index (χ1) is 16.7. The average Bonchev–Trinajstić information content (AvgIpc) is 2.83. The van der Waals surface area contributed by atoms with E-state index in [1.165, 1.54) is 25.3 Å². The Balaban J connectivity index is 1.72. The van der Waals surface area contributed by atoms with Crippen molar-refractivity contribution in [2.24, 2.45) is 0 Å². The van der Waals surface area contributed by atoms with Crippen molar-refractivity contribution in [1.82, 2.24) is 4.90 Å². The molecule has 1 N–H and O–H groups in total. The van der Waals surface area contributed by atoms with Crippen molar-refractivity contribution in [3.63, 3.8) is 0 Å². The van der Waals surface area contributed by atoms with E-state index in [0.29, 0.717) is 42.4 Å². The summed E-state index contributed by atoms with van der Waals surface area (Å²) in [6.45, 7) is 5.49. The van der Waals surface area contributed by atoms with Crippen LogP contribution >= 0.6 is 0 Å². The van der Waals surface area contributed by atoms with Crippen LogP contribution in [-0.4, -0.2) is 57.8 Å². The molecule has 0 aliphatic carbocycles. The van der Waals surface area contributed by atoms with Gasteiger partial charge in [-0.05, 0) is 55.4 Å². The highest BCUT2D eigenvalue weighted by atomic mass is 19.4. The largest absolute Gasteiger partial charge is 0.493 e. The summed E-state index contributed by atoms with van der Waals surface area (Å²) < 4.78 is 52.3. The molecule has 1 fully saturated rings. The number of hydrogen-bond donors (Lipinski definition) is 1. The van der Waals surface area contributed by atoms with Crippen LogP contribution in [0.3, 0.4) is 0 Å². The summed E-state index contributed by atoms with van der Waals surface area (Å²) in [5.74, 6) is 0.449. The predicted molar refractivity (Wildman–Crippen MR) is 132 cm³/mol. The van der Waals surface area contributed by atoms with Gasteiger partial charge in [0.15, 0.2) is 11.5 Å². The van der Waals surface area contributed by atoms with E-state index in [0.717, 1.165) is 32.0 Å². The van der Waals surface area contributed by atoms with Crippen molar-refractivity contribution < 1.29 is 27.4 Å². The van der Waals surface area contributed by atoms with Gasteiger partial charge in [0.1, 0.15) is 0 Å². The monoisotopic (exact) mass is 491 g/mol. The maximum Gasteiger partial charge on any atom is 0.418 e. The molecule has 0 atom stereocenters. The molecule has 9 heteroatoms. The number of nitrogens with zero attached hydrogens (tertiary/aromatic N) is 2. The minimum Gasteiger partial charge on any atom is -0.493 e. The van der Waals surface area contributed by atoms with Crippen molar-refractivity contribution in [2.75, 3.05) is 57.2 Å². The molecule has 0 bridgehead atoms. The molecule has 0 radical (unpaired) electrons. The fraction of sp³-hybridized carbons (Fsp3) is 0.423. The third kappa shape index (κ3) is 7.39. The van der Waals surface area contributed by atoms with Crippen molar-refractivity contribution in [2.45, 2.75) is 25.9 Å². The maximum atomic E-state index is 13.8. The molecule has 2 aromatic carbocycles. The third-order valence-corrected chi connectivity index (χ3v) is 5.81. The second kappa shape index (κ2) is 12.0. The Hall–Kier alpha value is -3.20. The summed E-state index contributed by atoms with van der Waals surface area (Å²) in [6, 6.07) is 9.23. The number of likely N-dealkylation sites (N-methyl/N-ethyl adjacent to an activating group) is 1. The van der Waals surface area contributed by atoms with Crippen molar-refractivity contribution in [1.29, 1.82) is 0 Å². The normalized spacial score (nSPS) is 14.9. The van der Waals surface area contributed by atoms with Gasteiger partial charge in [0, 0.05) is 37.9 Å². The molecular weight excluding hydrogens is 459 g/mol. The number of unbranched alkanes of at least 4 members (excludes halogenated alkanes) is 1. The molecule has 2 aromatic rings. The van der Waals surface area contributed by atoms with Gasteiger partial charge in [0.05, 0.1) is 25.0 Å². The number of carbonyl (C=O) groups excluding carboxylic acids is 1. The van der Waals surface area contributed by atoms with E-state index in [4.69, 9.17) is 9.47 Å². The van der Waals surface area contributed by atoms with Crippen LogP contribution in [0.4, 0.5) is 24.5 Å². The third-order valence-electron chi connectivity index (χ3n) is 5.81. The number of hydrogen-bond acceptors (Lipinski definition) is 5. The first-order valence-corrected chi connectivity index (χ1v) is 11.7. The van der Waals surface area contributed by atoms with E-state index >= 15 is 0 Å². The number of methoxy groups -OCH3 is 1. The number of carbonyl (C=O) groups is 1. The molecule has 1 heterocycles. The van der Waals surface area contributed by atoms with Gasteiger partial charge < -0.3 is 24.6 Å². The van der Waals surface area contributed by atoms with Gasteiger partial charge >= 0.3 is 6.18 Å². The van der Waals surface area contributed by atoms with Gasteiger partial charge in [-0.3, -0.25) is 4.79 Å². The SMILES string of the molecule is CCCCOc1ccc(C=CC(=O)Nc2ccc(N3CCN(C)CC3)cc2C(F)(F)F)cc1OC. The molecule has 0 aromatic heterocycles. The summed E-state index contributed by atoms with van der Waals surface area (Å²) in [5, 5.41) is 2.37. The average molecular weight is 492 g/mol. The zero-order valence-electron chi connectivity index (χ0n) is 20.3. The van der Waals surface area contributed by atoms with E-state index in [2.05, 4.69) is 17.1 Å². The topological polar surface area (TPSA) is 54.0 Å². The van der Waals surface area contributed by atoms with E-state index in [9.17, 15) is 18.0 Å². The molecule has 190 valence electrons. The number of amides is 1. The number of alkyl halides is 3. The van der Waals surface area contributed by atoms with Gasteiger partial charge in [-0.25, -0.2) is 0 Å². The van der Waals surface area contributed by atoms with Crippen LogP contribution in [0.1, 0.15) is 30.9 Å². The Morgan fingerprint density at radius 3 is 2.49 bits per heavy atom. The second-order valence-electron chi connectivity index (χ2n) is 8.45. The number of halogens is 3. The van der Waals surface area contributed by atoms with E-state index in [1.807, 2.05) is 11.9 Å². The maximum absolute atomic E-state index is 13.8. The minimum atomic E-state index is -4.60. The zero-order valence-corrected chi connectivity index (χ0v) is 20.3. The summed E-state index contributed by atoms with van der Waals surface area (Å²) in [6.07, 6.45) is 0.0322. The standard InChI is InChI=1S/C26H32F3N3O3/c1-4-5-16-35-23-10-6-19(17-24(23)34-3)7-11-25(33)30-22-9-8-20(18-21(22)26(27,28)29)32-14-12-31(2)13-15-32/h6-11,17-18H,4-5,12-16H2,1-3H3,(H,30,33). The molecular formula is C26H32F3N3O3. The molecule has 35 heavy (non-hydrogen) atoms. The summed E-state index contributed by atoms with van der Waals surface area (Å²) >= 11 is 0. The predicted octanol–water partition coefficient (Wildman–Crippen LogP) is 5.30. The number of piperazine rings is 1. The van der Waals surface area contributed by atoms with Crippen LogP contribution in [-0.2, 0) is 11.0 Å². The number of benzene rings is 2. The van der Waals surface area contributed by atoms with Crippen molar-refractivity contribution in [3.05, 3.63) is 53.6 Å². The molecule has 6 nitrogen and oxygen atoms in total. The highest BCUT2D eigenvalue weighted by molar-refractivity contribution is 6.02. The number of rotatable bonds is 9. The highest BCUT2D eigenvalue weighted by Gasteiger charge is 2.34. The Morgan fingerprint density at radius 1 is 1.09 bits per heavy atom. The zero-order chi connectivity index (χ0) is 25.4. The quantitative estimate of drug-likeness (QED) is 0.381. The molecule has 3 rings (SSSR count). The highest BCUT2D eigenvalue weighted by Crippen LogP contribution is 2.37. The summed E-state index contributed by atoms with van der Waals surface area (Å²) in [4.78, 5) is 16.5. The van der Waals surface area contributed by atoms with Crippen LogP contribution in [0.15, 0.2) is 42.5 Å². The van der Waals surface area contributed by atoms with Gasteiger partial charge in [-0.15, -0.1) is 0 Å². The Kier molecular flexibility index (Phi) is 9.03. The summed E-state index contributed by atoms with van der Waals surface area (Å²) in [5.41, 5.74) is 0.00168. The Morgan fingerprint density at radius 2 is 1.83 bits per heavy atom. The molecule has 1 amide bonds. The van der Waals surface area contributed by atoms with Crippen LogP contribution < -0.4 is 19.7 Å². The Labute approximate surface area is 204 Å². The van der Waals surface area contributed by atoms with Gasteiger partial charge in [-0.2, -0.15) is 13.2 Å². The summed E-state index contributed by atoms with van der Waals surface area (Å²) in [7, 11) is 3.50. The van der Waals surface area contributed by atoms with Crippen LogP contribution in [0, 0.1) is 0 Å². The first kappa shape index (κ1) is 26.4. The van der Waals surface area contributed by atoms with E-state index in [-0.39, 0.29) is 5.69 Å². The smallest absolute Gasteiger partial charge is 0.418 e. The van der Waals surface area contributed by atoms with Gasteiger partial charge in [0.2, 0.25) is 5.91 Å². The number of anilines is 2. The van der Waals surface area contributed by atoms with Crippen molar-refractivity contribution >= 4 is 23.4 Å². The van der Waals surface area contributed by atoms with Gasteiger partial charge in [-0.1, -0.05) is 19.4 Å². The number of ether oxygens (including phenoxy) is 2. The first-order valence-electron chi connectivity index (χ1n) is 11.7. The lowest BCUT2D eigenvalue weighted by Crippen LogP contribution is -2.44. The van der Waals surface area contributed by atoms with E-state index in [1.54, 1.807) is 24.3 Å². The molecule has 0 spiro atoms. The van der Waals surface area contributed by atoms with Gasteiger partial charge in [0.25, 0.3) is 0 Å². The second-order valence-corrected chi connectivity index (χ2v) is 8.45. The lowest BCUT2D eigenvalue weighted by molar-refractivity contribution is -0.136.